The van der Waals surface area contributed by atoms with Crippen LogP contribution in [0.2, 0.25) is 0 Å². The Balaban J connectivity index is 1.38. The first kappa shape index (κ1) is 19.8. The molecule has 1 fully saturated rings. The second-order valence-electron chi connectivity index (χ2n) is 7.25. The lowest BCUT2D eigenvalue weighted by Gasteiger charge is -2.32. The highest BCUT2D eigenvalue weighted by atomic mass is 32.2. The third-order valence-electron chi connectivity index (χ3n) is 5.13. The van der Waals surface area contributed by atoms with Crippen molar-refractivity contribution in [2.45, 2.75) is 30.3 Å². The Morgan fingerprint density at radius 2 is 1.76 bits per heavy atom. The Hall–Kier alpha value is -2.55. The average Bonchev–Trinajstić information content (AvgIpc) is 2.70. The van der Waals surface area contributed by atoms with Crippen LogP contribution in [0, 0.1) is 5.82 Å². The van der Waals surface area contributed by atoms with E-state index in [1.54, 1.807) is 18.2 Å². The van der Waals surface area contributed by atoms with Crippen LogP contribution in [0.1, 0.15) is 18.4 Å². The number of piperidine rings is 1. The molecular weight excluding hydrogens is 395 g/mol. The quantitative estimate of drug-likeness (QED) is 0.647. The molecular formula is C21H21FN2O4S. The van der Waals surface area contributed by atoms with Gasteiger partial charge in [-0.2, -0.15) is 0 Å². The maximum atomic E-state index is 13.0. The molecule has 4 rings (SSSR count). The summed E-state index contributed by atoms with van der Waals surface area (Å²) in [5.74, 6) is -0.252. The second kappa shape index (κ2) is 8.06. The minimum absolute atomic E-state index is 0.145. The number of fused-ring (bicyclic) bond motifs is 1. The standard InChI is InChI=1S/C21H21FN2O4S/c22-17-4-1-15(2-5-17)14-24-11-9-18(10-12-24)23-29(26,27)19-6-7-20-16(13-19)3-8-21(25)28-20/h1-8,13,18,23H,9-12,14H2. The molecule has 0 saturated carbocycles. The molecule has 0 atom stereocenters. The van der Waals surface area contributed by atoms with E-state index in [4.69, 9.17) is 4.42 Å². The molecule has 6 nitrogen and oxygen atoms in total. The summed E-state index contributed by atoms with van der Waals surface area (Å²) in [6.45, 7) is 2.23. The number of hydrogen-bond donors (Lipinski definition) is 1. The summed E-state index contributed by atoms with van der Waals surface area (Å²) >= 11 is 0. The highest BCUT2D eigenvalue weighted by molar-refractivity contribution is 7.89. The molecule has 3 aromatic rings. The van der Waals surface area contributed by atoms with Crippen LogP contribution in [0.25, 0.3) is 11.0 Å². The lowest BCUT2D eigenvalue weighted by molar-refractivity contribution is 0.200. The number of nitrogens with one attached hydrogen (secondary N) is 1. The van der Waals surface area contributed by atoms with Gasteiger partial charge >= 0.3 is 5.63 Å². The van der Waals surface area contributed by atoms with E-state index in [0.29, 0.717) is 23.8 Å². The first-order valence-corrected chi connectivity index (χ1v) is 10.9. The van der Waals surface area contributed by atoms with Gasteiger partial charge in [0, 0.05) is 37.1 Å². The monoisotopic (exact) mass is 416 g/mol. The van der Waals surface area contributed by atoms with Gasteiger partial charge in [0.1, 0.15) is 11.4 Å². The van der Waals surface area contributed by atoms with Gasteiger partial charge in [-0.1, -0.05) is 12.1 Å². The van der Waals surface area contributed by atoms with Gasteiger partial charge in [-0.25, -0.2) is 22.3 Å². The van der Waals surface area contributed by atoms with E-state index in [-0.39, 0.29) is 16.8 Å². The summed E-state index contributed by atoms with van der Waals surface area (Å²) in [5, 5.41) is 0.557. The molecule has 0 spiro atoms. The van der Waals surface area contributed by atoms with Gasteiger partial charge in [0.25, 0.3) is 0 Å². The zero-order valence-corrected chi connectivity index (χ0v) is 16.5. The maximum absolute atomic E-state index is 13.0. The SMILES string of the molecule is O=c1ccc2cc(S(=O)(=O)NC3CCN(Cc4ccc(F)cc4)CC3)ccc2o1. The van der Waals surface area contributed by atoms with Crippen LogP contribution < -0.4 is 10.3 Å². The molecule has 2 aromatic carbocycles. The normalized spacial score (nSPS) is 16.3. The van der Waals surface area contributed by atoms with Crippen molar-refractivity contribution < 1.29 is 17.2 Å². The molecule has 0 unspecified atom stereocenters. The average molecular weight is 416 g/mol. The van der Waals surface area contributed by atoms with Gasteiger partial charge in [0.2, 0.25) is 10.0 Å². The van der Waals surface area contributed by atoms with Gasteiger partial charge in [0.05, 0.1) is 4.90 Å². The summed E-state index contributed by atoms with van der Waals surface area (Å²) in [6, 6.07) is 13.6. The van der Waals surface area contributed by atoms with Crippen molar-refractivity contribution in [3.05, 3.63) is 76.4 Å². The minimum Gasteiger partial charge on any atom is -0.423 e. The highest BCUT2D eigenvalue weighted by Crippen LogP contribution is 2.20. The Morgan fingerprint density at radius 3 is 2.48 bits per heavy atom. The minimum atomic E-state index is -3.67. The summed E-state index contributed by atoms with van der Waals surface area (Å²) in [7, 11) is -3.67. The smallest absolute Gasteiger partial charge is 0.336 e. The summed E-state index contributed by atoms with van der Waals surface area (Å²) in [4.78, 5) is 13.6. The summed E-state index contributed by atoms with van der Waals surface area (Å²) < 4.78 is 46.4. The van der Waals surface area contributed by atoms with Gasteiger partial charge in [0.15, 0.2) is 0 Å². The molecule has 8 heteroatoms. The molecule has 0 bridgehead atoms. The van der Waals surface area contributed by atoms with Crippen molar-refractivity contribution in [2.24, 2.45) is 0 Å². The molecule has 1 saturated heterocycles. The molecule has 152 valence electrons. The third-order valence-corrected chi connectivity index (χ3v) is 6.65. The Labute approximate surface area is 168 Å². The van der Waals surface area contributed by atoms with E-state index in [0.717, 1.165) is 25.2 Å². The number of sulfonamides is 1. The number of likely N-dealkylation sites (tertiary alicyclic amines) is 1. The number of hydrogen-bond acceptors (Lipinski definition) is 5. The Morgan fingerprint density at radius 1 is 1.03 bits per heavy atom. The van der Waals surface area contributed by atoms with E-state index < -0.39 is 15.6 Å². The van der Waals surface area contributed by atoms with E-state index in [1.807, 2.05) is 0 Å². The maximum Gasteiger partial charge on any atom is 0.336 e. The van der Waals surface area contributed by atoms with Crippen LogP contribution in [-0.2, 0) is 16.6 Å². The lowest BCUT2D eigenvalue weighted by atomic mass is 10.1. The fraction of sp³-hybridized carbons (Fsp3) is 0.286. The van der Waals surface area contributed by atoms with Crippen LogP contribution >= 0.6 is 0 Å². The summed E-state index contributed by atoms with van der Waals surface area (Å²) in [5.41, 5.74) is 0.914. The van der Waals surface area contributed by atoms with Gasteiger partial charge in [-0.05, 0) is 54.8 Å². The number of nitrogens with zero attached hydrogens (tertiary/aromatic N) is 1. The molecule has 0 radical (unpaired) electrons. The molecule has 0 aliphatic carbocycles. The Kier molecular flexibility index (Phi) is 5.49. The van der Waals surface area contributed by atoms with Gasteiger partial charge in [-0.15, -0.1) is 0 Å². The van der Waals surface area contributed by atoms with Crippen LogP contribution in [0.15, 0.2) is 68.7 Å². The van der Waals surface area contributed by atoms with E-state index in [9.17, 15) is 17.6 Å². The lowest BCUT2D eigenvalue weighted by Crippen LogP contribution is -2.44. The Bertz CT molecular complexity index is 1170. The topological polar surface area (TPSA) is 79.6 Å². The molecule has 0 amide bonds. The van der Waals surface area contributed by atoms with E-state index in [1.165, 1.54) is 36.4 Å². The predicted molar refractivity (Wildman–Crippen MR) is 108 cm³/mol. The second-order valence-corrected chi connectivity index (χ2v) is 8.97. The number of halogens is 1. The van der Waals surface area contributed by atoms with Crippen LogP contribution in [0.4, 0.5) is 4.39 Å². The van der Waals surface area contributed by atoms with Crippen LogP contribution in [0.3, 0.4) is 0 Å². The van der Waals surface area contributed by atoms with Crippen molar-refractivity contribution in [1.29, 1.82) is 0 Å². The molecule has 1 aliphatic rings. The summed E-state index contributed by atoms with van der Waals surface area (Å²) in [6.07, 6.45) is 1.39. The van der Waals surface area contributed by atoms with E-state index >= 15 is 0 Å². The molecule has 1 aromatic heterocycles. The van der Waals surface area contributed by atoms with Crippen molar-refractivity contribution >= 4 is 21.0 Å². The van der Waals surface area contributed by atoms with Crippen LogP contribution in [-0.4, -0.2) is 32.4 Å². The first-order valence-electron chi connectivity index (χ1n) is 9.42. The van der Waals surface area contributed by atoms with Crippen LogP contribution in [0.5, 0.6) is 0 Å². The van der Waals surface area contributed by atoms with Gasteiger partial charge < -0.3 is 4.42 Å². The highest BCUT2D eigenvalue weighted by Gasteiger charge is 2.25. The molecule has 2 heterocycles. The largest absolute Gasteiger partial charge is 0.423 e. The van der Waals surface area contributed by atoms with Crippen molar-refractivity contribution in [3.8, 4) is 0 Å². The molecule has 1 aliphatic heterocycles. The zero-order valence-electron chi connectivity index (χ0n) is 15.7. The molecule has 29 heavy (non-hydrogen) atoms. The van der Waals surface area contributed by atoms with Crippen molar-refractivity contribution in [3.63, 3.8) is 0 Å². The molecule has 1 N–H and O–H groups in total. The fourth-order valence-corrected chi connectivity index (χ4v) is 4.90. The van der Waals surface area contributed by atoms with Crippen molar-refractivity contribution in [1.82, 2.24) is 9.62 Å². The van der Waals surface area contributed by atoms with E-state index in [2.05, 4.69) is 9.62 Å². The van der Waals surface area contributed by atoms with Crippen molar-refractivity contribution in [2.75, 3.05) is 13.1 Å². The number of benzene rings is 2. The number of rotatable bonds is 5. The predicted octanol–water partition coefficient (Wildman–Crippen LogP) is 2.88. The zero-order chi connectivity index (χ0) is 20.4. The first-order chi connectivity index (χ1) is 13.9. The fourth-order valence-electron chi connectivity index (χ4n) is 3.56. The third kappa shape index (κ3) is 4.72. The van der Waals surface area contributed by atoms with Gasteiger partial charge in [-0.3, -0.25) is 4.90 Å².